The van der Waals surface area contributed by atoms with Gasteiger partial charge in [-0.3, -0.25) is 14.1 Å². The molecule has 0 radical (unpaired) electrons. The Labute approximate surface area is 191 Å². The van der Waals surface area contributed by atoms with Gasteiger partial charge in [-0.1, -0.05) is 78.5 Å². The Morgan fingerprint density at radius 1 is 0.812 bits per heavy atom. The number of amides is 1. The van der Waals surface area contributed by atoms with E-state index in [9.17, 15) is 4.79 Å². The van der Waals surface area contributed by atoms with Crippen molar-refractivity contribution in [2.24, 2.45) is 0 Å². The summed E-state index contributed by atoms with van der Waals surface area (Å²) in [4.78, 5) is 17.3. The van der Waals surface area contributed by atoms with Crippen molar-refractivity contribution in [3.63, 3.8) is 0 Å². The third-order valence-electron chi connectivity index (χ3n) is 5.87. The fourth-order valence-electron chi connectivity index (χ4n) is 4.25. The molecule has 32 heavy (non-hydrogen) atoms. The third-order valence-corrected chi connectivity index (χ3v) is 6.80. The average molecular weight is 444 g/mol. The van der Waals surface area contributed by atoms with Gasteiger partial charge in [-0.15, -0.1) is 10.2 Å². The highest BCUT2D eigenvalue weighted by atomic mass is 32.2. The summed E-state index contributed by atoms with van der Waals surface area (Å²) in [6, 6.07) is 27.2. The van der Waals surface area contributed by atoms with Gasteiger partial charge in [-0.25, -0.2) is 0 Å². The minimum absolute atomic E-state index is 0.151. The van der Waals surface area contributed by atoms with Gasteiger partial charge in [0, 0.05) is 32.4 Å². The van der Waals surface area contributed by atoms with E-state index in [4.69, 9.17) is 0 Å². The number of carbonyl (C=O) groups excluding carboxylic acids is 1. The summed E-state index contributed by atoms with van der Waals surface area (Å²) in [6.45, 7) is 3.16. The van der Waals surface area contributed by atoms with Gasteiger partial charge in [0.05, 0.1) is 11.8 Å². The van der Waals surface area contributed by atoms with Crippen LogP contribution < -0.4 is 0 Å². The maximum absolute atomic E-state index is 12.9. The topological polar surface area (TPSA) is 53.7 Å². The highest BCUT2D eigenvalue weighted by molar-refractivity contribution is 7.99. The Kier molecular flexibility index (Phi) is 6.18. The van der Waals surface area contributed by atoms with E-state index in [0.717, 1.165) is 37.0 Å². The lowest BCUT2D eigenvalue weighted by Crippen LogP contribution is -2.50. The molecule has 162 valence electrons. The predicted octanol–water partition coefficient (Wildman–Crippen LogP) is 3.76. The van der Waals surface area contributed by atoms with E-state index in [2.05, 4.69) is 75.8 Å². The first kappa shape index (κ1) is 20.7. The Hall–Kier alpha value is -3.16. The van der Waals surface area contributed by atoms with Gasteiger partial charge in [0.15, 0.2) is 10.8 Å². The lowest BCUT2D eigenvalue weighted by atomic mass is 9.96. The second-order valence-electron chi connectivity index (χ2n) is 7.84. The van der Waals surface area contributed by atoms with Crippen LogP contribution in [0.1, 0.15) is 17.2 Å². The fourth-order valence-corrected chi connectivity index (χ4v) is 5.08. The van der Waals surface area contributed by atoms with Crippen LogP contribution in [-0.4, -0.2) is 62.2 Å². The maximum Gasteiger partial charge on any atom is 0.233 e. The second kappa shape index (κ2) is 9.54. The van der Waals surface area contributed by atoms with Crippen molar-refractivity contribution in [3.8, 4) is 0 Å². The van der Waals surface area contributed by atoms with Gasteiger partial charge in [-0.05, 0) is 23.3 Å². The van der Waals surface area contributed by atoms with Crippen LogP contribution in [0.15, 0.2) is 90.2 Å². The van der Waals surface area contributed by atoms with Crippen molar-refractivity contribution in [2.75, 3.05) is 31.9 Å². The van der Waals surface area contributed by atoms with Crippen molar-refractivity contribution >= 4 is 23.3 Å². The molecule has 1 fully saturated rings. The molecule has 1 saturated heterocycles. The van der Waals surface area contributed by atoms with E-state index in [1.54, 1.807) is 0 Å². The van der Waals surface area contributed by atoms with Crippen LogP contribution in [0.3, 0.4) is 0 Å². The molecule has 7 heteroatoms. The van der Waals surface area contributed by atoms with Crippen LogP contribution >= 0.6 is 11.8 Å². The lowest BCUT2D eigenvalue weighted by molar-refractivity contribution is -0.130. The van der Waals surface area contributed by atoms with Crippen LogP contribution in [-0.2, 0) is 4.79 Å². The number of aromatic nitrogens is 3. The Balaban J connectivity index is 1.23. The Morgan fingerprint density at radius 3 is 2.09 bits per heavy atom. The van der Waals surface area contributed by atoms with Gasteiger partial charge >= 0.3 is 0 Å². The summed E-state index contributed by atoms with van der Waals surface area (Å²) in [5.74, 6) is 0.523. The van der Waals surface area contributed by atoms with E-state index in [1.807, 2.05) is 33.7 Å². The van der Waals surface area contributed by atoms with Gasteiger partial charge in [0.2, 0.25) is 5.91 Å². The average Bonchev–Trinajstić information content (AvgIpc) is 3.28. The standard InChI is InChI=1S/C25H25N5OS/c31-23(19-32-25-27-26-22-13-7-8-14-30(22)25)28-15-17-29(18-16-28)24(20-9-3-1-4-10-20)21-11-5-2-6-12-21/h1-14,24H,15-19H2. The van der Waals surface area contributed by atoms with Gasteiger partial charge in [0.1, 0.15) is 0 Å². The number of pyridine rings is 1. The molecule has 1 amide bonds. The minimum atomic E-state index is 0.151. The smallest absolute Gasteiger partial charge is 0.233 e. The predicted molar refractivity (Wildman–Crippen MR) is 127 cm³/mol. The van der Waals surface area contributed by atoms with Crippen molar-refractivity contribution in [3.05, 3.63) is 96.2 Å². The SMILES string of the molecule is O=C(CSc1nnc2ccccn12)N1CCN(C(c2ccccc2)c2ccccc2)CC1. The first-order valence-corrected chi connectivity index (χ1v) is 11.8. The molecular formula is C25H25N5OS. The van der Waals surface area contributed by atoms with E-state index in [1.165, 1.54) is 22.9 Å². The Morgan fingerprint density at radius 2 is 1.44 bits per heavy atom. The highest BCUT2D eigenvalue weighted by Gasteiger charge is 2.28. The molecule has 0 bridgehead atoms. The molecule has 4 aromatic rings. The molecule has 0 unspecified atom stereocenters. The normalized spacial score (nSPS) is 14.8. The van der Waals surface area contributed by atoms with E-state index in [-0.39, 0.29) is 11.9 Å². The van der Waals surface area contributed by atoms with E-state index >= 15 is 0 Å². The molecule has 2 aromatic heterocycles. The molecule has 0 atom stereocenters. The first-order chi connectivity index (χ1) is 15.8. The molecule has 6 nitrogen and oxygen atoms in total. The van der Waals surface area contributed by atoms with Crippen LogP contribution in [0.5, 0.6) is 0 Å². The lowest BCUT2D eigenvalue weighted by Gasteiger charge is -2.39. The molecule has 0 N–H and O–H groups in total. The molecule has 0 saturated carbocycles. The summed E-state index contributed by atoms with van der Waals surface area (Å²) in [5, 5.41) is 9.12. The molecule has 2 aromatic carbocycles. The summed E-state index contributed by atoms with van der Waals surface area (Å²) >= 11 is 1.44. The first-order valence-electron chi connectivity index (χ1n) is 10.8. The third kappa shape index (κ3) is 4.40. The maximum atomic E-state index is 12.9. The monoisotopic (exact) mass is 443 g/mol. The van der Waals surface area contributed by atoms with E-state index in [0.29, 0.717) is 5.75 Å². The number of benzene rings is 2. The quantitative estimate of drug-likeness (QED) is 0.425. The zero-order chi connectivity index (χ0) is 21.8. The van der Waals surface area contributed by atoms with Crippen LogP contribution in [0.25, 0.3) is 5.65 Å². The summed E-state index contributed by atoms with van der Waals surface area (Å²) in [5.41, 5.74) is 3.37. The second-order valence-corrected chi connectivity index (χ2v) is 8.78. The van der Waals surface area contributed by atoms with Gasteiger partial charge in [-0.2, -0.15) is 0 Å². The van der Waals surface area contributed by atoms with Crippen LogP contribution in [0.4, 0.5) is 0 Å². The number of piperazine rings is 1. The number of carbonyl (C=O) groups is 1. The van der Waals surface area contributed by atoms with Crippen molar-refractivity contribution in [1.29, 1.82) is 0 Å². The molecule has 0 aliphatic carbocycles. The fraction of sp³-hybridized carbons (Fsp3) is 0.240. The van der Waals surface area contributed by atoms with Crippen molar-refractivity contribution in [2.45, 2.75) is 11.2 Å². The zero-order valence-electron chi connectivity index (χ0n) is 17.7. The largest absolute Gasteiger partial charge is 0.339 e. The zero-order valence-corrected chi connectivity index (χ0v) is 18.6. The molecule has 1 aliphatic heterocycles. The number of hydrogen-bond acceptors (Lipinski definition) is 5. The molecular weight excluding hydrogens is 418 g/mol. The molecule has 0 spiro atoms. The number of nitrogens with zero attached hydrogens (tertiary/aromatic N) is 5. The molecule has 5 rings (SSSR count). The van der Waals surface area contributed by atoms with Gasteiger partial charge in [0.25, 0.3) is 0 Å². The number of fused-ring (bicyclic) bond motifs is 1. The van der Waals surface area contributed by atoms with Crippen LogP contribution in [0.2, 0.25) is 0 Å². The van der Waals surface area contributed by atoms with E-state index < -0.39 is 0 Å². The molecule has 3 heterocycles. The highest BCUT2D eigenvalue weighted by Crippen LogP contribution is 2.29. The van der Waals surface area contributed by atoms with Crippen LogP contribution in [0, 0.1) is 0 Å². The number of hydrogen-bond donors (Lipinski definition) is 0. The van der Waals surface area contributed by atoms with Gasteiger partial charge < -0.3 is 4.90 Å². The number of thioether (sulfide) groups is 1. The summed E-state index contributed by atoms with van der Waals surface area (Å²) in [7, 11) is 0. The Bertz CT molecular complexity index is 1130. The molecule has 1 aliphatic rings. The number of rotatable bonds is 6. The summed E-state index contributed by atoms with van der Waals surface area (Å²) < 4.78 is 1.92. The van der Waals surface area contributed by atoms with Crippen molar-refractivity contribution in [1.82, 2.24) is 24.4 Å². The minimum Gasteiger partial charge on any atom is -0.339 e. The summed E-state index contributed by atoms with van der Waals surface area (Å²) in [6.07, 6.45) is 1.92. The van der Waals surface area contributed by atoms with Crippen molar-refractivity contribution < 1.29 is 4.79 Å².